The third-order valence-electron chi connectivity index (χ3n) is 2.29. The molecule has 1 unspecified atom stereocenters. The molecular weight excluding hydrogens is 164 g/mol. The molecule has 0 spiro atoms. The third-order valence-corrected chi connectivity index (χ3v) is 2.29. The first-order chi connectivity index (χ1) is 6.10. The summed E-state index contributed by atoms with van der Waals surface area (Å²) >= 11 is 0. The van der Waals surface area contributed by atoms with E-state index in [9.17, 15) is 0 Å². The third kappa shape index (κ3) is 2.18. The molecular formula is C10H16N2O. The van der Waals surface area contributed by atoms with E-state index in [1.807, 2.05) is 26.0 Å². The molecule has 0 saturated heterocycles. The van der Waals surface area contributed by atoms with Crippen LogP contribution in [0.25, 0.3) is 0 Å². The maximum Gasteiger partial charge on any atom is 0.137 e. The lowest BCUT2D eigenvalue weighted by molar-refractivity contribution is 0.409. The van der Waals surface area contributed by atoms with Gasteiger partial charge in [-0.25, -0.2) is 0 Å². The number of hydrogen-bond donors (Lipinski definition) is 1. The fraction of sp³-hybridized carbons (Fsp3) is 0.500. The Balaban J connectivity index is 2.92. The van der Waals surface area contributed by atoms with E-state index in [0.29, 0.717) is 0 Å². The lowest BCUT2D eigenvalue weighted by Crippen LogP contribution is -2.32. The molecule has 72 valence electrons. The maximum absolute atomic E-state index is 6.03. The van der Waals surface area contributed by atoms with Crippen LogP contribution in [-0.4, -0.2) is 12.1 Å². The average Bonchev–Trinajstić information content (AvgIpc) is 2.18. The number of methoxy groups -OCH3 is 1. The van der Waals surface area contributed by atoms with Gasteiger partial charge in [0.25, 0.3) is 0 Å². The van der Waals surface area contributed by atoms with Crippen molar-refractivity contribution in [1.29, 1.82) is 0 Å². The Labute approximate surface area is 78.9 Å². The summed E-state index contributed by atoms with van der Waals surface area (Å²) in [5.74, 6) is 0.760. The minimum absolute atomic E-state index is 0.341. The number of pyridine rings is 1. The molecule has 1 atom stereocenters. The van der Waals surface area contributed by atoms with Crippen LogP contribution in [0.4, 0.5) is 0 Å². The molecule has 1 heterocycles. The summed E-state index contributed by atoms with van der Waals surface area (Å²) in [6.45, 7) is 4.02. The smallest absolute Gasteiger partial charge is 0.137 e. The highest BCUT2D eigenvalue weighted by atomic mass is 16.5. The molecule has 1 rings (SSSR count). The molecule has 0 amide bonds. The van der Waals surface area contributed by atoms with Gasteiger partial charge in [-0.15, -0.1) is 0 Å². The minimum Gasteiger partial charge on any atom is -0.495 e. The van der Waals surface area contributed by atoms with Crippen molar-refractivity contribution in [3.8, 4) is 5.75 Å². The van der Waals surface area contributed by atoms with E-state index in [0.717, 1.165) is 17.9 Å². The highest BCUT2D eigenvalue weighted by molar-refractivity contribution is 5.23. The van der Waals surface area contributed by atoms with Gasteiger partial charge in [-0.1, -0.05) is 6.92 Å². The standard InChI is InChI=1S/C10H16N2O/c1-4-10(2,11)9-6-5-8(13-3)7-12-9/h5-7H,4,11H2,1-3H3. The van der Waals surface area contributed by atoms with Gasteiger partial charge in [0.2, 0.25) is 0 Å². The van der Waals surface area contributed by atoms with Crippen molar-refractivity contribution in [2.45, 2.75) is 25.8 Å². The lowest BCUT2D eigenvalue weighted by atomic mass is 9.95. The van der Waals surface area contributed by atoms with Gasteiger partial charge in [-0.2, -0.15) is 0 Å². The Morgan fingerprint density at radius 3 is 2.62 bits per heavy atom. The van der Waals surface area contributed by atoms with Crippen molar-refractivity contribution in [2.24, 2.45) is 5.73 Å². The van der Waals surface area contributed by atoms with E-state index in [2.05, 4.69) is 4.98 Å². The molecule has 0 radical (unpaired) electrons. The van der Waals surface area contributed by atoms with Gasteiger partial charge < -0.3 is 10.5 Å². The Morgan fingerprint density at radius 2 is 2.23 bits per heavy atom. The molecule has 1 aromatic rings. The van der Waals surface area contributed by atoms with Crippen LogP contribution in [0.2, 0.25) is 0 Å². The van der Waals surface area contributed by atoms with Gasteiger partial charge in [0.1, 0.15) is 5.75 Å². The molecule has 0 fully saturated rings. The van der Waals surface area contributed by atoms with Gasteiger partial charge in [-0.05, 0) is 25.5 Å². The zero-order valence-corrected chi connectivity index (χ0v) is 8.37. The van der Waals surface area contributed by atoms with Crippen LogP contribution in [0.15, 0.2) is 18.3 Å². The largest absolute Gasteiger partial charge is 0.495 e. The lowest BCUT2D eigenvalue weighted by Gasteiger charge is -2.21. The second-order valence-electron chi connectivity index (χ2n) is 3.35. The molecule has 1 aromatic heterocycles. The number of nitrogens with two attached hydrogens (primary N) is 1. The first kappa shape index (κ1) is 9.99. The molecule has 0 aliphatic heterocycles. The summed E-state index contributed by atoms with van der Waals surface area (Å²) in [5.41, 5.74) is 6.58. The van der Waals surface area contributed by atoms with Crippen LogP contribution in [0.5, 0.6) is 5.75 Å². The Kier molecular flexibility index (Phi) is 2.88. The van der Waals surface area contributed by atoms with E-state index in [1.165, 1.54) is 0 Å². The van der Waals surface area contributed by atoms with Crippen LogP contribution in [0.3, 0.4) is 0 Å². The van der Waals surface area contributed by atoms with Crippen LogP contribution < -0.4 is 10.5 Å². The molecule has 13 heavy (non-hydrogen) atoms. The summed E-state index contributed by atoms with van der Waals surface area (Å²) in [6.07, 6.45) is 2.56. The second kappa shape index (κ2) is 3.75. The maximum atomic E-state index is 6.03. The van der Waals surface area contributed by atoms with Crippen LogP contribution >= 0.6 is 0 Å². The van der Waals surface area contributed by atoms with Gasteiger partial charge in [0.05, 0.1) is 24.5 Å². The molecule has 2 N–H and O–H groups in total. The molecule has 0 aliphatic rings. The second-order valence-corrected chi connectivity index (χ2v) is 3.35. The normalized spacial score (nSPS) is 15.1. The van der Waals surface area contributed by atoms with Gasteiger partial charge in [0.15, 0.2) is 0 Å². The summed E-state index contributed by atoms with van der Waals surface area (Å²) in [5, 5.41) is 0. The zero-order chi connectivity index (χ0) is 9.90. The summed E-state index contributed by atoms with van der Waals surface area (Å²) in [7, 11) is 1.62. The Hall–Kier alpha value is -1.09. The first-order valence-electron chi connectivity index (χ1n) is 4.39. The monoisotopic (exact) mass is 180 g/mol. The molecule has 0 aromatic carbocycles. The number of aromatic nitrogens is 1. The zero-order valence-electron chi connectivity index (χ0n) is 8.37. The van der Waals surface area contributed by atoms with E-state index < -0.39 is 0 Å². The van der Waals surface area contributed by atoms with Crippen molar-refractivity contribution in [1.82, 2.24) is 4.98 Å². The van der Waals surface area contributed by atoms with Crippen molar-refractivity contribution >= 4 is 0 Å². The van der Waals surface area contributed by atoms with Gasteiger partial charge >= 0.3 is 0 Å². The minimum atomic E-state index is -0.341. The van der Waals surface area contributed by atoms with E-state index >= 15 is 0 Å². The first-order valence-corrected chi connectivity index (χ1v) is 4.39. The Morgan fingerprint density at radius 1 is 1.54 bits per heavy atom. The van der Waals surface area contributed by atoms with Crippen LogP contribution in [0.1, 0.15) is 26.0 Å². The Bertz CT molecular complexity index is 267. The molecule has 0 aliphatic carbocycles. The van der Waals surface area contributed by atoms with Gasteiger partial charge in [0, 0.05) is 0 Å². The molecule has 0 saturated carbocycles. The summed E-state index contributed by atoms with van der Waals surface area (Å²) < 4.78 is 5.01. The number of rotatable bonds is 3. The number of ether oxygens (including phenoxy) is 1. The van der Waals surface area contributed by atoms with E-state index in [1.54, 1.807) is 13.3 Å². The summed E-state index contributed by atoms with van der Waals surface area (Å²) in [6, 6.07) is 3.78. The molecule has 0 bridgehead atoms. The van der Waals surface area contributed by atoms with Crippen molar-refractivity contribution in [3.63, 3.8) is 0 Å². The SMILES string of the molecule is CCC(C)(N)c1ccc(OC)cn1. The predicted molar refractivity (Wildman–Crippen MR) is 52.6 cm³/mol. The quantitative estimate of drug-likeness (QED) is 0.769. The van der Waals surface area contributed by atoms with Crippen LogP contribution in [0, 0.1) is 0 Å². The van der Waals surface area contributed by atoms with E-state index in [-0.39, 0.29) is 5.54 Å². The van der Waals surface area contributed by atoms with Crippen molar-refractivity contribution < 1.29 is 4.74 Å². The predicted octanol–water partition coefficient (Wildman–Crippen LogP) is 1.67. The fourth-order valence-electron chi connectivity index (χ4n) is 1.02. The highest BCUT2D eigenvalue weighted by Crippen LogP contribution is 2.20. The summed E-state index contributed by atoms with van der Waals surface area (Å²) in [4.78, 5) is 4.24. The molecule has 3 nitrogen and oxygen atoms in total. The van der Waals surface area contributed by atoms with Crippen molar-refractivity contribution in [2.75, 3.05) is 7.11 Å². The highest BCUT2D eigenvalue weighted by Gasteiger charge is 2.19. The van der Waals surface area contributed by atoms with Crippen LogP contribution in [-0.2, 0) is 5.54 Å². The van der Waals surface area contributed by atoms with E-state index in [4.69, 9.17) is 10.5 Å². The van der Waals surface area contributed by atoms with Crippen molar-refractivity contribution in [3.05, 3.63) is 24.0 Å². The average molecular weight is 180 g/mol. The number of nitrogens with zero attached hydrogens (tertiary/aromatic N) is 1. The number of hydrogen-bond acceptors (Lipinski definition) is 3. The molecule has 3 heteroatoms. The fourth-order valence-corrected chi connectivity index (χ4v) is 1.02. The topological polar surface area (TPSA) is 48.1 Å². The van der Waals surface area contributed by atoms with Gasteiger partial charge in [-0.3, -0.25) is 4.98 Å².